The first-order chi connectivity index (χ1) is 7.60. The van der Waals surface area contributed by atoms with E-state index >= 15 is 0 Å². The van der Waals surface area contributed by atoms with Crippen molar-refractivity contribution in [2.75, 3.05) is 26.4 Å². The third-order valence-electron chi connectivity index (χ3n) is 1.06. The van der Waals surface area contributed by atoms with Gasteiger partial charge in [-0.05, 0) is 20.8 Å². The van der Waals surface area contributed by atoms with E-state index in [0.29, 0.717) is 6.61 Å². The fourth-order valence-corrected chi connectivity index (χ4v) is 0.504. The zero-order chi connectivity index (χ0) is 13.2. The maximum atomic E-state index is 9.68. The van der Waals surface area contributed by atoms with Crippen molar-refractivity contribution in [3.8, 4) is 0 Å². The molecule has 0 aromatic heterocycles. The Labute approximate surface area is 182 Å². The molecule has 0 aliphatic rings. The number of aliphatic carboxylic acids is 1. The molecule has 0 amide bonds. The SMILES string of the molecule is C.C.C.C.CCOCC.CCOCCC(=O)[O-].O=C=O.[Na+].[Na+]. The van der Waals surface area contributed by atoms with Crippen molar-refractivity contribution < 1.29 is 88.1 Å². The van der Waals surface area contributed by atoms with Gasteiger partial charge in [-0.3, -0.25) is 0 Å². The summed E-state index contributed by atoms with van der Waals surface area (Å²) in [5.74, 6) is -1.06. The van der Waals surface area contributed by atoms with Crippen molar-refractivity contribution in [1.82, 2.24) is 0 Å². The second-order valence-corrected chi connectivity index (χ2v) is 2.18. The van der Waals surface area contributed by atoms with Crippen LogP contribution in [0.15, 0.2) is 0 Å². The number of carbonyl (C=O) groups excluding carboxylic acids is 3. The van der Waals surface area contributed by atoms with E-state index < -0.39 is 5.97 Å². The summed E-state index contributed by atoms with van der Waals surface area (Å²) in [6.07, 6.45) is 0.244. The van der Waals surface area contributed by atoms with Crippen LogP contribution in [0.2, 0.25) is 0 Å². The average Bonchev–Trinajstić information content (AvgIpc) is 2.21. The molecule has 0 heterocycles. The molecule has 0 aliphatic heterocycles. The summed E-state index contributed by atoms with van der Waals surface area (Å²) < 4.78 is 9.56. The molecule has 0 spiro atoms. The minimum Gasteiger partial charge on any atom is -0.550 e. The summed E-state index contributed by atoms with van der Waals surface area (Å²) in [6, 6.07) is 0. The van der Waals surface area contributed by atoms with E-state index in [-0.39, 0.29) is 108 Å². The van der Waals surface area contributed by atoms with Crippen LogP contribution in [0.25, 0.3) is 0 Å². The monoisotopic (exact) mass is 345 g/mol. The Morgan fingerprint density at radius 1 is 0.864 bits per heavy atom. The van der Waals surface area contributed by atoms with Gasteiger partial charge in [0.15, 0.2) is 0 Å². The quantitative estimate of drug-likeness (QED) is 0.362. The average molecular weight is 345 g/mol. The third-order valence-corrected chi connectivity index (χ3v) is 1.06. The Hall–Kier alpha value is 0.770. The number of rotatable bonds is 6. The van der Waals surface area contributed by atoms with Crippen molar-refractivity contribution in [1.29, 1.82) is 0 Å². The number of ether oxygens (including phenoxy) is 2. The first-order valence-electron chi connectivity index (χ1n) is 4.95. The second-order valence-electron chi connectivity index (χ2n) is 2.18. The molecule has 0 N–H and O–H groups in total. The van der Waals surface area contributed by atoms with Gasteiger partial charge in [-0.1, -0.05) is 29.7 Å². The van der Waals surface area contributed by atoms with Crippen molar-refractivity contribution in [2.45, 2.75) is 56.9 Å². The van der Waals surface area contributed by atoms with Crippen molar-refractivity contribution in [2.24, 2.45) is 0 Å². The number of hydrogen-bond acceptors (Lipinski definition) is 6. The Bertz CT molecular complexity index is 173. The predicted octanol–water partition coefficient (Wildman–Crippen LogP) is -3.83. The molecule has 22 heavy (non-hydrogen) atoms. The van der Waals surface area contributed by atoms with E-state index in [1.165, 1.54) is 0 Å². The number of carboxylic acids is 1. The summed E-state index contributed by atoms with van der Waals surface area (Å²) in [6.45, 7) is 8.31. The molecule has 0 bridgehead atoms. The largest absolute Gasteiger partial charge is 1.00 e. The van der Waals surface area contributed by atoms with Gasteiger partial charge in [-0.25, -0.2) is 0 Å². The van der Waals surface area contributed by atoms with Crippen molar-refractivity contribution in [3.05, 3.63) is 0 Å². The van der Waals surface area contributed by atoms with E-state index in [1.807, 2.05) is 20.8 Å². The van der Waals surface area contributed by atoms with Crippen LogP contribution in [0, 0.1) is 0 Å². The van der Waals surface area contributed by atoms with Crippen molar-refractivity contribution >= 4 is 12.1 Å². The number of hydrogen-bond donors (Lipinski definition) is 0. The zero-order valence-corrected chi connectivity index (χ0v) is 16.0. The molecule has 0 aromatic rings. The fraction of sp³-hybridized carbons (Fsp3) is 0.857. The summed E-state index contributed by atoms with van der Waals surface area (Å²) >= 11 is 0. The standard InChI is InChI=1S/C5H10O3.C4H10O.CO2.4CH4.2Na/c1-2-8-4-3-5(6)7;1-3-5-4-2;2-1-3;;;;;;/h2-4H2,1H3,(H,6,7);3-4H2,1-2H3;;4*1H4;;/q;;;;;;;2*+1/p-1. The summed E-state index contributed by atoms with van der Waals surface area (Å²) in [4.78, 5) is 25.9. The molecule has 0 saturated carbocycles. The molecule has 0 unspecified atom stereocenters. The normalized spacial score (nSPS) is 5.59. The molecule has 128 valence electrons. The van der Waals surface area contributed by atoms with E-state index in [2.05, 4.69) is 0 Å². The van der Waals surface area contributed by atoms with E-state index in [0.717, 1.165) is 13.2 Å². The number of carboxylic acid groups (broad SMARTS) is 1. The molecule has 0 aliphatic carbocycles. The van der Waals surface area contributed by atoms with Gasteiger partial charge in [0.1, 0.15) is 0 Å². The smallest absolute Gasteiger partial charge is 0.550 e. The van der Waals surface area contributed by atoms with Crippen LogP contribution in [-0.4, -0.2) is 38.5 Å². The van der Waals surface area contributed by atoms with Gasteiger partial charge in [0, 0.05) is 32.2 Å². The molecule has 0 atom stereocenters. The van der Waals surface area contributed by atoms with Crippen LogP contribution < -0.4 is 64.2 Å². The van der Waals surface area contributed by atoms with Gasteiger partial charge in [0.2, 0.25) is 0 Å². The molecule has 0 saturated heterocycles. The minimum absolute atomic E-state index is 0. The first kappa shape index (κ1) is 56.9. The van der Waals surface area contributed by atoms with E-state index in [1.54, 1.807) is 0 Å². The van der Waals surface area contributed by atoms with Crippen LogP contribution in [-0.2, 0) is 23.9 Å². The molecule has 0 rings (SSSR count). The van der Waals surface area contributed by atoms with Crippen LogP contribution >= 0.6 is 0 Å². The summed E-state index contributed by atoms with van der Waals surface area (Å²) in [5, 5.41) is 9.68. The number of carbonyl (C=O) groups is 1. The summed E-state index contributed by atoms with van der Waals surface area (Å²) in [7, 11) is 0. The molecule has 0 fully saturated rings. The first-order valence-corrected chi connectivity index (χ1v) is 4.95. The third kappa shape index (κ3) is 134. The maximum Gasteiger partial charge on any atom is 1.00 e. The maximum absolute atomic E-state index is 9.68. The van der Waals surface area contributed by atoms with Crippen LogP contribution in [0.1, 0.15) is 56.9 Å². The van der Waals surface area contributed by atoms with Gasteiger partial charge < -0.3 is 19.4 Å². The van der Waals surface area contributed by atoms with Crippen LogP contribution in [0.3, 0.4) is 0 Å². The van der Waals surface area contributed by atoms with Crippen molar-refractivity contribution in [3.63, 3.8) is 0 Å². The van der Waals surface area contributed by atoms with Crippen LogP contribution in [0.5, 0.6) is 0 Å². The summed E-state index contributed by atoms with van der Waals surface area (Å²) in [5.41, 5.74) is 0. The van der Waals surface area contributed by atoms with Gasteiger partial charge in [-0.15, -0.1) is 0 Å². The van der Waals surface area contributed by atoms with Crippen LogP contribution in [0.4, 0.5) is 0 Å². The van der Waals surface area contributed by atoms with Gasteiger partial charge in [-0.2, -0.15) is 9.59 Å². The van der Waals surface area contributed by atoms with Gasteiger partial charge >= 0.3 is 65.3 Å². The molecular weight excluding hydrogens is 310 g/mol. The van der Waals surface area contributed by atoms with E-state index in [4.69, 9.17) is 19.1 Å². The fourth-order valence-electron chi connectivity index (χ4n) is 0.504. The molecular formula is C14H35Na2O6+. The molecule has 0 radical (unpaired) electrons. The van der Waals surface area contributed by atoms with Gasteiger partial charge in [0.25, 0.3) is 0 Å². The minimum atomic E-state index is -1.06. The molecule has 8 heteroatoms. The Balaban J connectivity index is -0.0000000156. The molecule has 6 nitrogen and oxygen atoms in total. The Morgan fingerprint density at radius 2 is 1.14 bits per heavy atom. The Morgan fingerprint density at radius 3 is 1.27 bits per heavy atom. The topological polar surface area (TPSA) is 92.7 Å². The predicted molar refractivity (Wildman–Crippen MR) is 80.2 cm³/mol. The second kappa shape index (κ2) is 67.8. The molecule has 0 aromatic carbocycles. The van der Waals surface area contributed by atoms with Gasteiger partial charge in [0.05, 0.1) is 6.61 Å². The Kier molecular flexibility index (Phi) is 175. The van der Waals surface area contributed by atoms with E-state index in [9.17, 15) is 9.90 Å². The zero-order valence-electron chi connectivity index (χ0n) is 12.0.